The maximum absolute atomic E-state index is 13.2. The van der Waals surface area contributed by atoms with Crippen molar-refractivity contribution in [2.24, 2.45) is 0 Å². The van der Waals surface area contributed by atoms with Crippen LogP contribution in [0.1, 0.15) is 5.82 Å². The molecule has 0 spiro atoms. The Morgan fingerprint density at radius 2 is 2.06 bits per heavy atom. The van der Waals surface area contributed by atoms with Crippen LogP contribution in [0, 0.1) is 5.82 Å². The number of aromatic nitrogens is 3. The summed E-state index contributed by atoms with van der Waals surface area (Å²) in [6.07, 6.45) is 1.69. The van der Waals surface area contributed by atoms with Crippen LogP contribution in [-0.2, 0) is 17.9 Å². The van der Waals surface area contributed by atoms with Gasteiger partial charge in [0.25, 0.3) is 0 Å². The zero-order valence-corrected chi connectivity index (χ0v) is 18.3. The summed E-state index contributed by atoms with van der Waals surface area (Å²) >= 11 is 7.23. The van der Waals surface area contributed by atoms with Gasteiger partial charge in [0, 0.05) is 12.2 Å². The molecule has 0 aliphatic rings. The fraction of sp³-hybridized carbons (Fsp3) is 0.190. The number of hydrogen-bond donors (Lipinski definition) is 1. The lowest BCUT2D eigenvalue weighted by atomic mass is 10.3. The number of nitrogens with zero attached hydrogens (tertiary/aromatic N) is 3. The highest BCUT2D eigenvalue weighted by atomic mass is 35.5. The van der Waals surface area contributed by atoms with E-state index in [-0.39, 0.29) is 23.3 Å². The van der Waals surface area contributed by atoms with Crippen molar-refractivity contribution >= 4 is 35.0 Å². The summed E-state index contributed by atoms with van der Waals surface area (Å²) in [5.74, 6) is 1.09. The van der Waals surface area contributed by atoms with E-state index >= 15 is 0 Å². The highest BCUT2D eigenvalue weighted by Crippen LogP contribution is 2.26. The minimum Gasteiger partial charge on any atom is -0.497 e. The number of anilines is 1. The van der Waals surface area contributed by atoms with E-state index in [1.807, 2.05) is 0 Å². The van der Waals surface area contributed by atoms with Gasteiger partial charge in [0.2, 0.25) is 5.91 Å². The van der Waals surface area contributed by atoms with Crippen LogP contribution in [0.15, 0.2) is 60.3 Å². The lowest BCUT2D eigenvalue weighted by Gasteiger charge is -2.10. The number of halogens is 2. The normalized spacial score (nSPS) is 10.5. The number of carbonyl (C=O) groups is 1. The van der Waals surface area contributed by atoms with Crippen LogP contribution in [0.2, 0.25) is 5.02 Å². The zero-order valence-electron chi connectivity index (χ0n) is 16.7. The summed E-state index contributed by atoms with van der Waals surface area (Å²) in [4.78, 5) is 12.3. The summed E-state index contributed by atoms with van der Waals surface area (Å²) in [5, 5.41) is 11.8. The first kappa shape index (κ1) is 22.6. The summed E-state index contributed by atoms with van der Waals surface area (Å²) < 4.78 is 25.7. The van der Waals surface area contributed by atoms with Crippen molar-refractivity contribution < 1.29 is 18.7 Å². The topological polar surface area (TPSA) is 78.3 Å². The molecular formula is C21H20ClFN4O3S. The van der Waals surface area contributed by atoms with E-state index in [1.54, 1.807) is 42.0 Å². The number of hydrogen-bond acceptors (Lipinski definition) is 6. The molecule has 0 atom stereocenters. The van der Waals surface area contributed by atoms with E-state index in [1.165, 1.54) is 30.0 Å². The predicted octanol–water partition coefficient (Wildman–Crippen LogP) is 4.58. The van der Waals surface area contributed by atoms with E-state index in [0.29, 0.717) is 34.7 Å². The molecule has 31 heavy (non-hydrogen) atoms. The maximum Gasteiger partial charge on any atom is 0.234 e. The Balaban J connectivity index is 1.61. The van der Waals surface area contributed by atoms with E-state index in [0.717, 1.165) is 0 Å². The minimum atomic E-state index is -0.446. The molecule has 0 fully saturated rings. The molecule has 0 bridgehead atoms. The third kappa shape index (κ3) is 6.22. The number of allylic oxidation sites excluding steroid dienone is 1. The van der Waals surface area contributed by atoms with Gasteiger partial charge in [-0.25, -0.2) is 4.39 Å². The molecule has 162 valence electrons. The lowest BCUT2D eigenvalue weighted by molar-refractivity contribution is -0.113. The van der Waals surface area contributed by atoms with E-state index in [2.05, 4.69) is 22.1 Å². The van der Waals surface area contributed by atoms with Crippen LogP contribution in [0.25, 0.3) is 0 Å². The quantitative estimate of drug-likeness (QED) is 0.351. The van der Waals surface area contributed by atoms with Crippen LogP contribution in [0.5, 0.6) is 11.5 Å². The molecule has 10 heteroatoms. The molecule has 1 amide bonds. The van der Waals surface area contributed by atoms with Gasteiger partial charge in [-0.2, -0.15) is 0 Å². The Morgan fingerprint density at radius 1 is 1.29 bits per heavy atom. The van der Waals surface area contributed by atoms with Crippen LogP contribution < -0.4 is 14.8 Å². The third-order valence-electron chi connectivity index (χ3n) is 4.06. The van der Waals surface area contributed by atoms with Crippen molar-refractivity contribution in [2.45, 2.75) is 18.3 Å². The van der Waals surface area contributed by atoms with Gasteiger partial charge in [-0.3, -0.25) is 9.36 Å². The summed E-state index contributed by atoms with van der Waals surface area (Å²) in [5.41, 5.74) is 0.671. The molecule has 0 saturated carbocycles. The number of nitrogens with one attached hydrogen (secondary N) is 1. The summed E-state index contributed by atoms with van der Waals surface area (Å²) in [6, 6.07) is 10.9. The fourth-order valence-corrected chi connectivity index (χ4v) is 3.57. The SMILES string of the molecule is C=CCn1c(COc2ccc(F)cc2Cl)nnc1SCC(=O)Nc1ccc(OC)cc1. The second kappa shape index (κ2) is 10.8. The van der Waals surface area contributed by atoms with E-state index < -0.39 is 5.82 Å². The standard InChI is InChI=1S/C21H20ClFN4O3S/c1-3-10-27-19(12-30-18-9-4-14(23)11-17(18)22)25-26-21(27)31-13-20(28)24-15-5-7-16(29-2)8-6-15/h3-9,11H,1,10,12-13H2,2H3,(H,24,28). The van der Waals surface area contributed by atoms with Gasteiger partial charge in [0.1, 0.15) is 23.9 Å². The Hall–Kier alpha value is -3.04. The van der Waals surface area contributed by atoms with Gasteiger partial charge in [-0.1, -0.05) is 29.4 Å². The first-order chi connectivity index (χ1) is 15.0. The minimum absolute atomic E-state index is 0.0742. The molecule has 2 aromatic carbocycles. The largest absolute Gasteiger partial charge is 0.497 e. The highest BCUT2D eigenvalue weighted by molar-refractivity contribution is 7.99. The fourth-order valence-electron chi connectivity index (χ4n) is 2.58. The molecule has 0 aliphatic carbocycles. The van der Waals surface area contributed by atoms with Crippen molar-refractivity contribution in [1.82, 2.24) is 14.8 Å². The van der Waals surface area contributed by atoms with Gasteiger partial charge < -0.3 is 14.8 Å². The molecule has 0 unspecified atom stereocenters. The lowest BCUT2D eigenvalue weighted by Crippen LogP contribution is -2.15. The molecule has 0 radical (unpaired) electrons. The summed E-state index contributed by atoms with van der Waals surface area (Å²) in [7, 11) is 1.58. The molecule has 1 aromatic heterocycles. The van der Waals surface area contributed by atoms with Crippen LogP contribution >= 0.6 is 23.4 Å². The Kier molecular flexibility index (Phi) is 7.91. The number of carbonyl (C=O) groups excluding carboxylic acids is 1. The number of amides is 1. The van der Waals surface area contributed by atoms with E-state index in [4.69, 9.17) is 21.1 Å². The van der Waals surface area contributed by atoms with Crippen LogP contribution in [-0.4, -0.2) is 33.5 Å². The zero-order chi connectivity index (χ0) is 22.2. The second-order valence-electron chi connectivity index (χ2n) is 6.23. The van der Waals surface area contributed by atoms with Crippen LogP contribution in [0.4, 0.5) is 10.1 Å². The molecule has 0 saturated heterocycles. The Morgan fingerprint density at radius 3 is 2.74 bits per heavy atom. The molecule has 3 aromatic rings. The van der Waals surface area contributed by atoms with E-state index in [9.17, 15) is 9.18 Å². The Bertz CT molecular complexity index is 1060. The van der Waals surface area contributed by atoms with Crippen molar-refractivity contribution in [3.05, 3.63) is 71.8 Å². The maximum atomic E-state index is 13.2. The number of benzene rings is 2. The molecule has 7 nitrogen and oxygen atoms in total. The number of methoxy groups -OCH3 is 1. The van der Waals surface area contributed by atoms with Gasteiger partial charge in [0.15, 0.2) is 11.0 Å². The van der Waals surface area contributed by atoms with Crippen molar-refractivity contribution in [3.8, 4) is 11.5 Å². The van der Waals surface area contributed by atoms with Gasteiger partial charge in [-0.05, 0) is 42.5 Å². The molecule has 3 rings (SSSR count). The van der Waals surface area contributed by atoms with Crippen LogP contribution in [0.3, 0.4) is 0 Å². The summed E-state index contributed by atoms with van der Waals surface area (Å²) in [6.45, 7) is 4.26. The second-order valence-corrected chi connectivity index (χ2v) is 7.58. The first-order valence-electron chi connectivity index (χ1n) is 9.17. The number of ether oxygens (including phenoxy) is 2. The van der Waals surface area contributed by atoms with Gasteiger partial charge >= 0.3 is 0 Å². The number of thioether (sulfide) groups is 1. The molecule has 1 N–H and O–H groups in total. The smallest absolute Gasteiger partial charge is 0.234 e. The van der Waals surface area contributed by atoms with Crippen molar-refractivity contribution in [1.29, 1.82) is 0 Å². The first-order valence-corrected chi connectivity index (χ1v) is 10.5. The molecule has 1 heterocycles. The average Bonchev–Trinajstić information content (AvgIpc) is 3.14. The number of rotatable bonds is 10. The average molecular weight is 463 g/mol. The van der Waals surface area contributed by atoms with Crippen molar-refractivity contribution in [3.63, 3.8) is 0 Å². The highest BCUT2D eigenvalue weighted by Gasteiger charge is 2.15. The third-order valence-corrected chi connectivity index (χ3v) is 5.32. The van der Waals surface area contributed by atoms with Crippen molar-refractivity contribution in [2.75, 3.05) is 18.2 Å². The monoisotopic (exact) mass is 462 g/mol. The molecular weight excluding hydrogens is 443 g/mol. The Labute approximate surface area is 188 Å². The predicted molar refractivity (Wildman–Crippen MR) is 118 cm³/mol. The molecule has 0 aliphatic heterocycles. The van der Waals surface area contributed by atoms with Gasteiger partial charge in [0.05, 0.1) is 17.9 Å². The van der Waals surface area contributed by atoms with Gasteiger partial charge in [-0.15, -0.1) is 16.8 Å².